The number of hydrogen-bond acceptors (Lipinski definition) is 14. The van der Waals surface area contributed by atoms with E-state index in [0.29, 0.717) is 41.8 Å². The van der Waals surface area contributed by atoms with Crippen LogP contribution in [-0.4, -0.2) is 165 Å². The Morgan fingerprint density at radius 2 is 1.22 bits per heavy atom. The zero-order chi connectivity index (χ0) is 60.4. The van der Waals surface area contributed by atoms with Crippen LogP contribution in [0.1, 0.15) is 74.8 Å². The Balaban J connectivity index is 1.31. The lowest BCUT2D eigenvalue weighted by atomic mass is 10.0. The molecule has 3 aromatic carbocycles. The van der Waals surface area contributed by atoms with Crippen molar-refractivity contribution in [2.45, 2.75) is 126 Å². The number of imidazole rings is 1. The number of aliphatic carboxylic acids is 1. The van der Waals surface area contributed by atoms with E-state index in [1.165, 1.54) is 48.6 Å². The van der Waals surface area contributed by atoms with Crippen LogP contribution in [0, 0.1) is 0 Å². The SMILES string of the molecule is CCNC(=O)[C@@H]1CCCN1C(=O)[C@H](CCCN=C(N)N)NC(=O)[C@H](Cc1ccccc1)NC(=O)CNC(=O)[C@H](Cc1ccc(O)cc1)NC(=O)[C@H](C)NC(=O)[C@H](Cc1ccccc1)NC(=O)[C@H](Cc1cnc[nH]1)NC(=O)[C@@H](N)CCC(=O)O. The van der Waals surface area contributed by atoms with Gasteiger partial charge in [-0.3, -0.25) is 52.9 Å². The highest BCUT2D eigenvalue weighted by Gasteiger charge is 2.39. The number of carbonyl (C=O) groups is 10. The van der Waals surface area contributed by atoms with E-state index in [4.69, 9.17) is 22.3 Å². The molecule has 446 valence electrons. The van der Waals surface area contributed by atoms with Gasteiger partial charge in [-0.25, -0.2) is 4.98 Å². The van der Waals surface area contributed by atoms with Gasteiger partial charge in [0.1, 0.15) is 48.0 Å². The number of benzene rings is 3. The number of aliphatic imine (C=N–C) groups is 1. The third-order valence-corrected chi connectivity index (χ3v) is 13.4. The number of nitrogens with two attached hydrogens (primary N) is 3. The van der Waals surface area contributed by atoms with E-state index in [1.807, 2.05) is 0 Å². The Hall–Kier alpha value is -9.40. The number of phenols is 1. The van der Waals surface area contributed by atoms with Crippen LogP contribution in [0.2, 0.25) is 0 Å². The molecule has 27 heteroatoms. The highest BCUT2D eigenvalue weighted by atomic mass is 16.4. The molecule has 83 heavy (non-hydrogen) atoms. The summed E-state index contributed by atoms with van der Waals surface area (Å²) in [4.78, 5) is 148. The van der Waals surface area contributed by atoms with Crippen molar-refractivity contribution in [2.24, 2.45) is 22.2 Å². The van der Waals surface area contributed by atoms with Crippen LogP contribution in [0.15, 0.2) is 102 Å². The highest BCUT2D eigenvalue weighted by molar-refractivity contribution is 5.98. The summed E-state index contributed by atoms with van der Waals surface area (Å²) in [6.45, 7) is 3.16. The molecule has 0 bridgehead atoms. The first kappa shape index (κ1) is 64.4. The lowest BCUT2D eigenvalue weighted by Gasteiger charge is -2.30. The third kappa shape index (κ3) is 21.5. The lowest BCUT2D eigenvalue weighted by Crippen LogP contribution is -2.59. The van der Waals surface area contributed by atoms with E-state index in [2.05, 4.69) is 57.5 Å². The molecular weight excluding hydrogens is 1070 g/mol. The third-order valence-electron chi connectivity index (χ3n) is 13.4. The molecule has 1 fully saturated rings. The summed E-state index contributed by atoms with van der Waals surface area (Å²) in [5, 5.41) is 40.2. The van der Waals surface area contributed by atoms with Gasteiger partial charge < -0.3 is 79.8 Å². The monoisotopic (exact) mass is 1150 g/mol. The van der Waals surface area contributed by atoms with Gasteiger partial charge in [-0.15, -0.1) is 0 Å². The largest absolute Gasteiger partial charge is 0.508 e. The van der Waals surface area contributed by atoms with Crippen molar-refractivity contribution in [2.75, 3.05) is 26.2 Å². The Morgan fingerprint density at radius 1 is 0.675 bits per heavy atom. The maximum Gasteiger partial charge on any atom is 0.303 e. The van der Waals surface area contributed by atoms with Crippen LogP contribution in [0.5, 0.6) is 5.75 Å². The number of aromatic nitrogens is 2. The minimum atomic E-state index is -1.41. The van der Waals surface area contributed by atoms with Crippen LogP contribution in [0.25, 0.3) is 0 Å². The predicted octanol–water partition coefficient (Wildman–Crippen LogP) is -2.20. The van der Waals surface area contributed by atoms with E-state index >= 15 is 0 Å². The molecule has 17 N–H and O–H groups in total. The average Bonchev–Trinajstić information content (AvgIpc) is 4.35. The van der Waals surface area contributed by atoms with Crippen molar-refractivity contribution in [1.82, 2.24) is 57.4 Å². The normalized spacial score (nSPS) is 15.3. The van der Waals surface area contributed by atoms with Crippen molar-refractivity contribution in [3.63, 3.8) is 0 Å². The molecule has 0 saturated carbocycles. The fourth-order valence-electron chi connectivity index (χ4n) is 9.02. The summed E-state index contributed by atoms with van der Waals surface area (Å²) >= 11 is 0. The highest BCUT2D eigenvalue weighted by Crippen LogP contribution is 2.20. The first-order valence-corrected chi connectivity index (χ1v) is 27.2. The minimum Gasteiger partial charge on any atom is -0.508 e. The van der Waals surface area contributed by atoms with Crippen molar-refractivity contribution in [3.8, 4) is 5.75 Å². The molecule has 4 aromatic rings. The van der Waals surface area contributed by atoms with Crippen molar-refractivity contribution in [3.05, 3.63) is 120 Å². The van der Waals surface area contributed by atoms with E-state index in [1.54, 1.807) is 67.6 Å². The van der Waals surface area contributed by atoms with Gasteiger partial charge in [-0.1, -0.05) is 72.8 Å². The molecule has 1 aliphatic rings. The molecule has 0 radical (unpaired) electrons. The van der Waals surface area contributed by atoms with Crippen LogP contribution < -0.4 is 59.7 Å². The van der Waals surface area contributed by atoms with Crippen LogP contribution in [0.4, 0.5) is 0 Å². The first-order valence-electron chi connectivity index (χ1n) is 27.2. The number of carbonyl (C=O) groups excluding carboxylic acids is 9. The van der Waals surface area contributed by atoms with Crippen LogP contribution >= 0.6 is 0 Å². The second-order valence-corrected chi connectivity index (χ2v) is 19.9. The fraction of sp³-hybridized carbons (Fsp3) is 0.429. The maximum absolute atomic E-state index is 14.3. The van der Waals surface area contributed by atoms with E-state index < -0.39 is 115 Å². The van der Waals surface area contributed by atoms with Gasteiger partial charge in [-0.2, -0.15) is 0 Å². The number of aromatic hydroxyl groups is 1. The summed E-state index contributed by atoms with van der Waals surface area (Å²) in [5.41, 5.74) is 19.2. The van der Waals surface area contributed by atoms with Gasteiger partial charge in [0.15, 0.2) is 5.96 Å². The molecule has 0 unspecified atom stereocenters. The topological polar surface area (TPSA) is 430 Å². The molecule has 1 aliphatic heterocycles. The van der Waals surface area contributed by atoms with Crippen molar-refractivity contribution in [1.29, 1.82) is 0 Å². The molecule has 0 aliphatic carbocycles. The van der Waals surface area contributed by atoms with E-state index in [9.17, 15) is 53.1 Å². The fourth-order valence-corrected chi connectivity index (χ4v) is 9.02. The molecule has 5 rings (SSSR count). The Bertz CT molecular complexity index is 2860. The van der Waals surface area contributed by atoms with Crippen molar-refractivity contribution < 1.29 is 58.2 Å². The number of guanidine groups is 1. The number of amides is 9. The van der Waals surface area contributed by atoms with E-state index in [0.717, 1.165) is 0 Å². The van der Waals surface area contributed by atoms with Gasteiger partial charge in [0.05, 0.1) is 18.9 Å². The number of H-pyrrole nitrogens is 1. The number of phenolic OH excluding ortho intramolecular Hbond substituents is 1. The molecular formula is C56H75N15O12. The maximum atomic E-state index is 14.3. The zero-order valence-electron chi connectivity index (χ0n) is 46.3. The molecule has 8 atom stereocenters. The van der Waals surface area contributed by atoms with Crippen molar-refractivity contribution >= 4 is 65.1 Å². The number of aromatic amines is 1. The van der Waals surface area contributed by atoms with Gasteiger partial charge in [-0.05, 0) is 74.8 Å². The minimum absolute atomic E-state index is 0.0429. The Morgan fingerprint density at radius 3 is 1.80 bits per heavy atom. The second kappa shape index (κ2) is 32.8. The Kier molecular flexibility index (Phi) is 25.4. The second-order valence-electron chi connectivity index (χ2n) is 19.9. The summed E-state index contributed by atoms with van der Waals surface area (Å²) in [5.74, 6) is -7.99. The van der Waals surface area contributed by atoms with Gasteiger partial charge in [0, 0.05) is 63.6 Å². The number of carboxylic acids is 1. The number of likely N-dealkylation sites (N-methyl/N-ethyl adjacent to an activating group) is 1. The number of hydrogen-bond donors (Lipinski definition) is 14. The number of carboxylic acid groups (broad SMARTS) is 1. The van der Waals surface area contributed by atoms with Crippen LogP contribution in [-0.2, 0) is 73.6 Å². The number of nitrogens with one attached hydrogen (secondary N) is 9. The molecule has 1 saturated heterocycles. The van der Waals surface area contributed by atoms with Crippen LogP contribution in [0.3, 0.4) is 0 Å². The smallest absolute Gasteiger partial charge is 0.303 e. The molecule has 9 amide bonds. The summed E-state index contributed by atoms with van der Waals surface area (Å²) in [7, 11) is 0. The lowest BCUT2D eigenvalue weighted by molar-refractivity contribution is -0.142. The van der Waals surface area contributed by atoms with Gasteiger partial charge in [0.2, 0.25) is 53.2 Å². The standard InChI is InChI=1S/C56H75N15O12/c1-3-61-54(82)45-17-11-25-71(45)55(83)40(16-10-24-62-56(58)59)67-52(80)42(26-34-12-6-4-7-13-34)66-46(73)31-63-50(78)41(28-36-18-20-38(72)21-19-36)68-48(76)33(2)65-51(79)43(27-35-14-8-5-9-15-35)70-53(81)44(29-37-30-60-32-64-37)69-49(77)39(57)22-23-47(74)75/h4-9,12-15,18-21,30,32-33,39-45,72H,3,10-11,16-17,22-29,31,57H2,1-2H3,(H,60,64)(H,61,82)(H,63,78)(H,65,79)(H,66,73)(H,67,80)(H,68,76)(H,69,77)(H,70,81)(H,74,75)(H4,58,59,62)/t33-,39-,40-,41-,42-,43-,44-,45-/m0/s1. The van der Waals surface area contributed by atoms with Gasteiger partial charge >= 0.3 is 5.97 Å². The number of nitrogens with zero attached hydrogens (tertiary/aromatic N) is 3. The van der Waals surface area contributed by atoms with E-state index in [-0.39, 0.29) is 75.7 Å². The zero-order valence-corrected chi connectivity index (χ0v) is 46.3. The average molecular weight is 1150 g/mol. The molecule has 1 aromatic heterocycles. The predicted molar refractivity (Wildman–Crippen MR) is 303 cm³/mol. The summed E-state index contributed by atoms with van der Waals surface area (Å²) < 4.78 is 0. The molecule has 27 nitrogen and oxygen atoms in total. The quantitative estimate of drug-likeness (QED) is 0.0140. The number of rotatable bonds is 32. The molecule has 0 spiro atoms. The number of likely N-dealkylation sites (tertiary alicyclic amines) is 1. The summed E-state index contributed by atoms with van der Waals surface area (Å²) in [6.07, 6.45) is 3.05. The molecule has 2 heterocycles. The van der Waals surface area contributed by atoms with Gasteiger partial charge in [0.25, 0.3) is 0 Å². The summed E-state index contributed by atoms with van der Waals surface area (Å²) in [6, 6.07) is 13.1. The Labute approximate surface area is 479 Å². The first-order chi connectivity index (χ1) is 39.7.